The lowest BCUT2D eigenvalue weighted by molar-refractivity contribution is -0.373. The highest BCUT2D eigenvalue weighted by Crippen LogP contribution is 2.45. The predicted molar refractivity (Wildman–Crippen MR) is 135 cm³/mol. The van der Waals surface area contributed by atoms with E-state index in [2.05, 4.69) is 5.32 Å². The molecule has 3 heterocycles. The summed E-state index contributed by atoms with van der Waals surface area (Å²) in [6, 6.07) is 4.97. The summed E-state index contributed by atoms with van der Waals surface area (Å²) in [5, 5.41) is 109. The third-order valence-electron chi connectivity index (χ3n) is 7.58. The molecule has 232 valence electrons. The van der Waals surface area contributed by atoms with E-state index < -0.39 is 69.9 Å². The van der Waals surface area contributed by atoms with Crippen LogP contribution in [-0.2, 0) is 32.1 Å². The Morgan fingerprint density at radius 2 is 1.44 bits per heavy atom. The van der Waals surface area contributed by atoms with Crippen molar-refractivity contribution in [3.63, 3.8) is 0 Å². The number of piperidine rings is 1. The number of imide groups is 1. The Morgan fingerprint density at radius 3 is 2.05 bits per heavy atom. The summed E-state index contributed by atoms with van der Waals surface area (Å²) in [7, 11) is 0. The van der Waals surface area contributed by atoms with E-state index in [9.17, 15) is 65.4 Å². The Bertz CT molecular complexity index is 1470. The lowest BCUT2D eigenvalue weighted by Gasteiger charge is -2.47. The zero-order valence-corrected chi connectivity index (χ0v) is 21.9. The minimum absolute atomic E-state index is 0.0231. The Morgan fingerprint density at radius 1 is 0.860 bits per heavy atom. The van der Waals surface area contributed by atoms with Crippen molar-refractivity contribution in [1.29, 1.82) is 0 Å². The fraction of sp³-hybridized carbons (Fsp3) is 0.400. The molecule has 0 spiro atoms. The summed E-state index contributed by atoms with van der Waals surface area (Å²) < 4.78 is 5.20. The third-order valence-corrected chi connectivity index (χ3v) is 7.58. The van der Waals surface area contributed by atoms with Gasteiger partial charge >= 0.3 is 5.79 Å². The van der Waals surface area contributed by atoms with E-state index in [1.807, 2.05) is 0 Å². The molecule has 0 saturated carbocycles. The molecule has 3 amide bonds. The monoisotopic (exact) mass is 608 g/mol. The molecule has 18 nitrogen and oxygen atoms in total. The number of rotatable bonds is 6. The van der Waals surface area contributed by atoms with Crippen LogP contribution in [0.1, 0.15) is 27.0 Å². The Hall–Kier alpha value is -3.63. The van der Waals surface area contributed by atoms with Crippen LogP contribution in [0.25, 0.3) is 0 Å². The molecule has 3 aliphatic rings. The number of aliphatic hydroxyl groups is 10. The molecular weight excluding hydrogens is 580 g/mol. The Kier molecular flexibility index (Phi) is 7.13. The highest BCUT2D eigenvalue weighted by molar-refractivity contribution is 6.09. The molecule has 2 saturated heterocycles. The van der Waals surface area contributed by atoms with Crippen molar-refractivity contribution in [1.82, 2.24) is 15.1 Å². The van der Waals surface area contributed by atoms with Crippen LogP contribution in [0.2, 0.25) is 0 Å². The Labute approximate surface area is 240 Å². The van der Waals surface area contributed by atoms with Gasteiger partial charge in [0, 0.05) is 29.9 Å². The van der Waals surface area contributed by atoms with E-state index in [-0.39, 0.29) is 42.3 Å². The fourth-order valence-electron chi connectivity index (χ4n) is 5.23. The van der Waals surface area contributed by atoms with Crippen LogP contribution < -0.4 is 10.6 Å². The van der Waals surface area contributed by atoms with Gasteiger partial charge in [-0.25, -0.2) is 4.90 Å². The molecule has 5 rings (SSSR count). The fourth-order valence-corrected chi connectivity index (χ4v) is 5.23. The average Bonchev–Trinajstić information content (AvgIpc) is 3.14. The van der Waals surface area contributed by atoms with Crippen molar-refractivity contribution in [3.8, 4) is 0 Å². The first-order valence-corrected chi connectivity index (χ1v) is 12.6. The van der Waals surface area contributed by atoms with Gasteiger partial charge in [0.15, 0.2) is 6.04 Å². The summed E-state index contributed by atoms with van der Waals surface area (Å²) in [4.78, 5) is 38.7. The molecule has 0 bridgehead atoms. The van der Waals surface area contributed by atoms with Crippen molar-refractivity contribution in [2.75, 3.05) is 31.6 Å². The summed E-state index contributed by atoms with van der Waals surface area (Å²) >= 11 is 0. The van der Waals surface area contributed by atoms with E-state index in [1.165, 1.54) is 22.3 Å². The summed E-state index contributed by atoms with van der Waals surface area (Å²) in [5.41, 5.74) is -2.27. The number of morpholine rings is 1. The second kappa shape index (κ2) is 9.95. The zero-order valence-electron chi connectivity index (χ0n) is 21.9. The van der Waals surface area contributed by atoms with Crippen LogP contribution in [0.4, 0.5) is 5.69 Å². The van der Waals surface area contributed by atoms with E-state index in [0.29, 0.717) is 0 Å². The van der Waals surface area contributed by atoms with Crippen molar-refractivity contribution >= 4 is 23.4 Å². The van der Waals surface area contributed by atoms with Gasteiger partial charge in [-0.2, -0.15) is 0 Å². The normalized spacial score (nSPS) is 23.6. The number of amides is 3. The van der Waals surface area contributed by atoms with Gasteiger partial charge in [-0.05, 0) is 12.1 Å². The van der Waals surface area contributed by atoms with Crippen LogP contribution in [0.5, 0.6) is 0 Å². The van der Waals surface area contributed by atoms with Crippen molar-refractivity contribution < 1.29 is 70.2 Å². The first kappa shape index (κ1) is 30.8. The minimum Gasteiger partial charge on any atom is -0.379 e. The molecule has 2 aromatic rings. The smallest absolute Gasteiger partial charge is 0.303 e. The molecule has 1 unspecified atom stereocenters. The predicted octanol–water partition coefficient (Wildman–Crippen LogP) is -5.74. The molecule has 0 radical (unpaired) electrons. The first-order chi connectivity index (χ1) is 19.8. The molecule has 18 heteroatoms. The van der Waals surface area contributed by atoms with Gasteiger partial charge in [-0.3, -0.25) is 24.6 Å². The molecule has 0 aliphatic carbocycles. The van der Waals surface area contributed by atoms with Gasteiger partial charge in [0.05, 0.1) is 24.3 Å². The van der Waals surface area contributed by atoms with Gasteiger partial charge in [0.1, 0.15) is 0 Å². The molecule has 2 fully saturated rings. The maximum absolute atomic E-state index is 13.2. The standard InChI is InChI=1S/C25H28N4O14/c30-18-17(21(33,34)22(35,36)20(32)26-18)29-19(31)14-2-1-3-15(16(14)25(29,41)42)27-23(37,38)12-4-6-13(7-5-12)24(39,40)28-8-10-43-11-9-28/h1-7,17,27,33-42H,8-11H2,(H,26,30,32). The van der Waals surface area contributed by atoms with E-state index >= 15 is 0 Å². The minimum atomic E-state index is -4.15. The second-order valence-corrected chi connectivity index (χ2v) is 10.3. The molecular formula is C25H28N4O14. The van der Waals surface area contributed by atoms with E-state index in [1.54, 1.807) is 0 Å². The second-order valence-electron chi connectivity index (χ2n) is 10.3. The van der Waals surface area contributed by atoms with Gasteiger partial charge in [0.25, 0.3) is 41.2 Å². The summed E-state index contributed by atoms with van der Waals surface area (Å²) in [6.45, 7) is 0.955. The number of benzene rings is 2. The van der Waals surface area contributed by atoms with Crippen LogP contribution >= 0.6 is 0 Å². The quantitative estimate of drug-likeness (QED) is 0.107. The highest BCUT2D eigenvalue weighted by Gasteiger charge is 2.70. The SMILES string of the molecule is O=C1NC(=O)C(O)(O)C(O)(O)C1N1C(=O)c2cccc(NC(O)(O)c3ccc(C(O)(O)N4CCOCC4)cc3)c2C1(O)O. The van der Waals surface area contributed by atoms with Gasteiger partial charge in [-0.1, -0.05) is 30.3 Å². The number of hydrogen-bond donors (Lipinski definition) is 12. The van der Waals surface area contributed by atoms with Gasteiger partial charge in [-0.15, -0.1) is 0 Å². The number of carbonyl (C=O) groups excluding carboxylic acids is 3. The third kappa shape index (κ3) is 4.66. The number of carbonyl (C=O) groups is 3. The average molecular weight is 609 g/mol. The summed E-state index contributed by atoms with van der Waals surface area (Å²) in [6.07, 6.45) is 0. The molecule has 3 aliphatic heterocycles. The highest BCUT2D eigenvalue weighted by atomic mass is 16.6. The van der Waals surface area contributed by atoms with Crippen LogP contribution in [0.3, 0.4) is 0 Å². The van der Waals surface area contributed by atoms with Crippen LogP contribution in [0, 0.1) is 0 Å². The lowest BCUT2D eigenvalue weighted by Crippen LogP contribution is -2.80. The lowest BCUT2D eigenvalue weighted by atomic mass is 9.90. The first-order valence-electron chi connectivity index (χ1n) is 12.6. The van der Waals surface area contributed by atoms with Crippen molar-refractivity contribution in [2.24, 2.45) is 0 Å². The number of ether oxygens (including phenoxy) is 1. The number of nitrogens with zero attached hydrogens (tertiary/aromatic N) is 2. The number of nitrogens with one attached hydrogen (secondary N) is 2. The number of hydrogen-bond acceptors (Lipinski definition) is 16. The van der Waals surface area contributed by atoms with Crippen LogP contribution in [0.15, 0.2) is 42.5 Å². The van der Waals surface area contributed by atoms with Crippen molar-refractivity contribution in [2.45, 2.75) is 35.3 Å². The Balaban J connectivity index is 1.46. The van der Waals surface area contributed by atoms with Crippen molar-refractivity contribution in [3.05, 3.63) is 64.7 Å². The topological polar surface area (TPSA) is 293 Å². The largest absolute Gasteiger partial charge is 0.379 e. The van der Waals surface area contributed by atoms with E-state index in [0.717, 1.165) is 30.3 Å². The number of fused-ring (bicyclic) bond motifs is 1. The molecule has 12 N–H and O–H groups in total. The molecule has 1 atom stereocenters. The molecule has 0 aromatic heterocycles. The maximum Gasteiger partial charge on any atom is 0.303 e. The zero-order chi connectivity index (χ0) is 31.8. The summed E-state index contributed by atoms with van der Waals surface area (Å²) in [5.74, 6) is -22.4. The molecule has 2 aromatic carbocycles. The molecule has 43 heavy (non-hydrogen) atoms. The number of anilines is 1. The van der Waals surface area contributed by atoms with Crippen LogP contribution in [-0.4, -0.2) is 123 Å². The maximum atomic E-state index is 13.2. The van der Waals surface area contributed by atoms with E-state index in [4.69, 9.17) is 4.74 Å². The van der Waals surface area contributed by atoms with Gasteiger partial charge in [0.2, 0.25) is 0 Å². The van der Waals surface area contributed by atoms with Gasteiger partial charge < -0.3 is 61.1 Å².